The first-order chi connectivity index (χ1) is 15.1. The first-order valence-corrected chi connectivity index (χ1v) is 13.3. The predicted molar refractivity (Wildman–Crippen MR) is 120 cm³/mol. The van der Waals surface area contributed by atoms with Gasteiger partial charge < -0.3 is 19.7 Å². The van der Waals surface area contributed by atoms with Crippen LogP contribution in [0.3, 0.4) is 0 Å². The molecule has 5 heteroatoms. The van der Waals surface area contributed by atoms with Crippen LogP contribution in [0.4, 0.5) is 0 Å². The van der Waals surface area contributed by atoms with E-state index in [1.54, 1.807) is 0 Å². The fourth-order valence-corrected chi connectivity index (χ4v) is 10.2. The third kappa shape index (κ3) is 2.74. The van der Waals surface area contributed by atoms with Crippen molar-refractivity contribution in [3.05, 3.63) is 0 Å². The lowest BCUT2D eigenvalue weighted by molar-refractivity contribution is -0.273. The van der Waals surface area contributed by atoms with Gasteiger partial charge in [-0.25, -0.2) is 0 Å². The Hall–Kier alpha value is -0.490. The van der Waals surface area contributed by atoms with Crippen molar-refractivity contribution < 1.29 is 24.5 Å². The van der Waals surface area contributed by atoms with Crippen LogP contribution in [0, 0.1) is 52.3 Å². The van der Waals surface area contributed by atoms with Crippen molar-refractivity contribution in [2.75, 3.05) is 6.61 Å². The Morgan fingerprint density at radius 2 is 1.72 bits per heavy atom. The number of rotatable bonds is 0. The van der Waals surface area contributed by atoms with Crippen LogP contribution < -0.4 is 0 Å². The number of carbonyl (C=O) groups excluding carboxylic acids is 1. The zero-order chi connectivity index (χ0) is 22.6. The van der Waals surface area contributed by atoms with Crippen LogP contribution in [-0.2, 0) is 14.3 Å². The largest absolute Gasteiger partial charge is 0.393 e. The van der Waals surface area contributed by atoms with E-state index in [1.165, 1.54) is 12.8 Å². The number of hydrogen-bond donors (Lipinski definition) is 2. The van der Waals surface area contributed by atoms with Gasteiger partial charge in [-0.15, -0.1) is 0 Å². The van der Waals surface area contributed by atoms with Gasteiger partial charge in [0.15, 0.2) is 11.6 Å². The molecule has 2 saturated heterocycles. The van der Waals surface area contributed by atoms with Gasteiger partial charge in [-0.3, -0.25) is 4.79 Å². The molecule has 6 rings (SSSR count). The number of ether oxygens (including phenoxy) is 2. The summed E-state index contributed by atoms with van der Waals surface area (Å²) in [7, 11) is 0. The summed E-state index contributed by atoms with van der Waals surface area (Å²) in [5.41, 5.74) is 0.0241. The molecular weight excluding hydrogens is 404 g/mol. The van der Waals surface area contributed by atoms with Crippen LogP contribution in [0.25, 0.3) is 0 Å². The van der Waals surface area contributed by atoms with Crippen molar-refractivity contribution in [3.8, 4) is 0 Å². The molecule has 5 nitrogen and oxygen atoms in total. The summed E-state index contributed by atoms with van der Waals surface area (Å²) in [5, 5.41) is 21.4. The van der Waals surface area contributed by atoms with Gasteiger partial charge in [0.2, 0.25) is 0 Å². The molecule has 1 spiro atoms. The molecule has 0 aromatic heterocycles. The second kappa shape index (κ2) is 7.02. The van der Waals surface area contributed by atoms with Gasteiger partial charge >= 0.3 is 0 Å². The van der Waals surface area contributed by atoms with Crippen molar-refractivity contribution in [3.63, 3.8) is 0 Å². The number of fused-ring (bicyclic) bond motifs is 7. The van der Waals surface area contributed by atoms with E-state index in [0.717, 1.165) is 32.3 Å². The Morgan fingerprint density at radius 3 is 2.44 bits per heavy atom. The molecule has 6 aliphatic rings. The average Bonchev–Trinajstić information content (AvgIpc) is 3.18. The van der Waals surface area contributed by atoms with Gasteiger partial charge in [0.25, 0.3) is 0 Å². The first kappa shape index (κ1) is 22.0. The lowest BCUT2D eigenvalue weighted by atomic mass is 9.43. The Balaban J connectivity index is 1.29. The van der Waals surface area contributed by atoms with Crippen LogP contribution in [0.5, 0.6) is 0 Å². The Morgan fingerprint density at radius 1 is 0.938 bits per heavy atom. The second-order valence-corrected chi connectivity index (χ2v) is 13.2. The zero-order valence-corrected chi connectivity index (χ0v) is 20.3. The molecule has 13 atom stereocenters. The van der Waals surface area contributed by atoms with Crippen molar-refractivity contribution in [2.24, 2.45) is 52.3 Å². The van der Waals surface area contributed by atoms with Crippen LogP contribution in [0.2, 0.25) is 0 Å². The predicted octanol–water partition coefficient (Wildman–Crippen LogP) is 3.94. The molecular formula is C27H42O5. The normalized spacial score (nSPS) is 61.8. The zero-order valence-electron chi connectivity index (χ0n) is 20.3. The molecule has 180 valence electrons. The van der Waals surface area contributed by atoms with Crippen molar-refractivity contribution in [1.29, 1.82) is 0 Å². The van der Waals surface area contributed by atoms with Crippen LogP contribution in [0.15, 0.2) is 0 Å². The van der Waals surface area contributed by atoms with E-state index in [1.807, 2.05) is 0 Å². The smallest absolute Gasteiger partial charge is 0.171 e. The maximum absolute atomic E-state index is 12.6. The monoisotopic (exact) mass is 446 g/mol. The molecule has 2 N–H and O–H groups in total. The third-order valence-electron chi connectivity index (χ3n) is 11.8. The molecule has 4 aliphatic carbocycles. The summed E-state index contributed by atoms with van der Waals surface area (Å²) in [4.78, 5) is 12.6. The minimum absolute atomic E-state index is 0.0178. The van der Waals surface area contributed by atoms with Gasteiger partial charge in [-0.2, -0.15) is 0 Å². The quantitative estimate of drug-likeness (QED) is 0.589. The first-order valence-electron chi connectivity index (χ1n) is 13.3. The number of Topliss-reactive ketones (excluding diaryl/α,β-unsaturated/α-hetero) is 1. The van der Waals surface area contributed by atoms with E-state index in [9.17, 15) is 15.0 Å². The van der Waals surface area contributed by atoms with E-state index in [4.69, 9.17) is 9.47 Å². The Bertz CT molecular complexity index is 789. The standard InChI is InChI=1S/C27H42O5/c1-14-5-8-27(31-13-14)15(2)24-23(32-27)11-18-16-9-20(28)19-10-21(29)22(30)12-26(19,4)17(16)6-7-25(18,24)3/h14-21,23-24,28-29H,5-13H2,1-4H3/t14-,15-,16+,17-,18-,19+,20+,21+,23-,24-,25-,26+,27?/m0/s1. The molecule has 2 aliphatic heterocycles. The number of ketones is 1. The number of carbonyl (C=O) groups is 1. The maximum Gasteiger partial charge on any atom is 0.171 e. The summed E-state index contributed by atoms with van der Waals surface area (Å²) >= 11 is 0. The lowest BCUT2D eigenvalue weighted by Crippen LogP contribution is -2.60. The molecule has 0 radical (unpaired) electrons. The molecule has 1 unspecified atom stereocenters. The minimum Gasteiger partial charge on any atom is -0.393 e. The van der Waals surface area contributed by atoms with Gasteiger partial charge in [-0.05, 0) is 84.9 Å². The van der Waals surface area contributed by atoms with Gasteiger partial charge in [0, 0.05) is 18.8 Å². The van der Waals surface area contributed by atoms with E-state index in [-0.39, 0.29) is 34.4 Å². The highest BCUT2D eigenvalue weighted by Crippen LogP contribution is 2.71. The third-order valence-corrected chi connectivity index (χ3v) is 11.8. The minimum atomic E-state index is -0.886. The molecule has 0 amide bonds. The lowest BCUT2D eigenvalue weighted by Gasteiger charge is -2.62. The highest BCUT2D eigenvalue weighted by Gasteiger charge is 2.70. The van der Waals surface area contributed by atoms with Crippen LogP contribution in [0.1, 0.15) is 79.1 Å². The van der Waals surface area contributed by atoms with E-state index < -0.39 is 12.2 Å². The summed E-state index contributed by atoms with van der Waals surface area (Å²) in [6.45, 7) is 10.2. The van der Waals surface area contributed by atoms with E-state index in [0.29, 0.717) is 48.3 Å². The molecule has 2 heterocycles. The molecule has 0 bridgehead atoms. The maximum atomic E-state index is 12.6. The molecule has 32 heavy (non-hydrogen) atoms. The molecule has 0 aromatic carbocycles. The topological polar surface area (TPSA) is 76.0 Å². The fraction of sp³-hybridized carbons (Fsp3) is 0.963. The van der Waals surface area contributed by atoms with Gasteiger partial charge in [0.1, 0.15) is 6.10 Å². The highest BCUT2D eigenvalue weighted by atomic mass is 16.7. The van der Waals surface area contributed by atoms with Gasteiger partial charge in [-0.1, -0.05) is 27.7 Å². The molecule has 6 fully saturated rings. The van der Waals surface area contributed by atoms with Crippen molar-refractivity contribution >= 4 is 5.78 Å². The van der Waals surface area contributed by atoms with Crippen molar-refractivity contribution in [2.45, 2.75) is 103 Å². The van der Waals surface area contributed by atoms with Crippen molar-refractivity contribution in [1.82, 2.24) is 0 Å². The van der Waals surface area contributed by atoms with Crippen LogP contribution >= 0.6 is 0 Å². The summed E-state index contributed by atoms with van der Waals surface area (Å²) in [5.74, 6) is 2.60. The highest BCUT2D eigenvalue weighted by molar-refractivity contribution is 5.84. The molecule has 0 aromatic rings. The Kier molecular flexibility index (Phi) is 4.83. The second-order valence-electron chi connectivity index (χ2n) is 13.2. The molecule has 4 saturated carbocycles. The summed E-state index contributed by atoms with van der Waals surface area (Å²) in [6.07, 6.45) is 6.19. The fourth-order valence-electron chi connectivity index (χ4n) is 10.2. The Labute approximate surface area is 192 Å². The number of hydrogen-bond acceptors (Lipinski definition) is 5. The summed E-state index contributed by atoms with van der Waals surface area (Å²) in [6, 6.07) is 0. The van der Waals surface area contributed by atoms with E-state index in [2.05, 4.69) is 27.7 Å². The van der Waals surface area contributed by atoms with E-state index >= 15 is 0 Å². The number of aliphatic hydroxyl groups is 2. The summed E-state index contributed by atoms with van der Waals surface area (Å²) < 4.78 is 13.3. The number of aliphatic hydroxyl groups excluding tert-OH is 2. The SMILES string of the molecule is C[C@H]1CCC2(OC1)O[C@H]1C[C@H]3[C@@H]4C[C@@H](O)[C@H]5C[C@@H](O)C(=O)C[C@]5(C)[C@H]4CC[C@]3(C)[C@H]1[C@@H]2C. The van der Waals surface area contributed by atoms with Gasteiger partial charge in [0.05, 0.1) is 18.8 Å². The average molecular weight is 447 g/mol. The van der Waals surface area contributed by atoms with Crippen LogP contribution in [-0.4, -0.2) is 46.7 Å².